The van der Waals surface area contributed by atoms with Gasteiger partial charge in [0.25, 0.3) is 0 Å². The summed E-state index contributed by atoms with van der Waals surface area (Å²) in [5.74, 6) is 2.17. The van der Waals surface area contributed by atoms with E-state index in [1.54, 1.807) is 6.20 Å². The number of hydrogen-bond acceptors (Lipinski definition) is 3. The van der Waals surface area contributed by atoms with Gasteiger partial charge in [0, 0.05) is 53.9 Å². The summed E-state index contributed by atoms with van der Waals surface area (Å²) in [6.07, 6.45) is 0.148. The van der Waals surface area contributed by atoms with E-state index in [0.717, 1.165) is 44.5 Å². The Morgan fingerprint density at radius 2 is 1.28 bits per heavy atom. The summed E-state index contributed by atoms with van der Waals surface area (Å²) in [6, 6.07) is 52.8. The standard InChI is InChI=1S/C63H62N4O/c1-39-22-26-47-45-17-12-13-18-46(45)49-20-15-21-55-60(49)66(59-40(2)16-14-19-50(59)51(47)32-39)38-65(55)43-24-28-53(63(9,10)11)57(35-43)68-44-25-27-48-52-34-42(62(6,7)8)23-29-54(52)67(56(48)36-44)58-33-41(30-31-64-58)37-61(3,4)5/h12-36H,37-38H2,1-11H3/i37D2. The summed E-state index contributed by atoms with van der Waals surface area (Å²) in [5.41, 5.74) is 11.0. The first-order chi connectivity index (χ1) is 33.2. The predicted molar refractivity (Wildman–Crippen MR) is 289 cm³/mol. The molecule has 0 amide bonds. The van der Waals surface area contributed by atoms with Gasteiger partial charge in [-0.2, -0.15) is 0 Å². The van der Waals surface area contributed by atoms with Crippen molar-refractivity contribution in [1.82, 2.24) is 14.1 Å². The Labute approximate surface area is 403 Å². The molecular weight excluding hydrogens is 829 g/mol. The Hall–Kier alpha value is -7.11. The number of pyridine rings is 1. The Morgan fingerprint density at radius 3 is 2.03 bits per heavy atom. The van der Waals surface area contributed by atoms with Crippen molar-refractivity contribution >= 4 is 76.5 Å². The number of benzene rings is 7. The summed E-state index contributed by atoms with van der Waals surface area (Å²) < 4.78 is 30.3. The average molecular weight is 893 g/mol. The highest BCUT2D eigenvalue weighted by Crippen LogP contribution is 2.46. The van der Waals surface area contributed by atoms with Gasteiger partial charge >= 0.3 is 0 Å². The highest BCUT2D eigenvalue weighted by molar-refractivity contribution is 6.21. The first kappa shape index (κ1) is 41.1. The third kappa shape index (κ3) is 7.44. The number of fused-ring (bicyclic) bond motifs is 10. The molecule has 0 fully saturated rings. The van der Waals surface area contributed by atoms with E-state index in [9.17, 15) is 2.74 Å². The molecule has 1 aliphatic heterocycles. The maximum absolute atomic E-state index is 9.18. The lowest BCUT2D eigenvalue weighted by atomic mass is 9.86. The molecule has 0 bridgehead atoms. The summed E-state index contributed by atoms with van der Waals surface area (Å²) >= 11 is 0. The summed E-state index contributed by atoms with van der Waals surface area (Å²) in [7, 11) is 0. The lowest BCUT2D eigenvalue weighted by Gasteiger charge is -2.26. The van der Waals surface area contributed by atoms with Gasteiger partial charge in [-0.25, -0.2) is 4.98 Å². The molecule has 7 aromatic carbocycles. The molecule has 5 nitrogen and oxygen atoms in total. The Kier molecular flexibility index (Phi) is 9.51. The monoisotopic (exact) mass is 893 g/mol. The fourth-order valence-corrected chi connectivity index (χ4v) is 10.6. The first-order valence-corrected chi connectivity index (χ1v) is 24.1. The zero-order chi connectivity index (χ0) is 49.2. The van der Waals surface area contributed by atoms with Gasteiger partial charge in [0.2, 0.25) is 0 Å². The number of hydrogen-bond donors (Lipinski definition) is 0. The lowest BCUT2D eigenvalue weighted by molar-refractivity contribution is 0.411. The molecule has 4 heterocycles. The molecule has 0 spiro atoms. The number of ether oxygens (including phenoxy) is 1. The molecule has 68 heavy (non-hydrogen) atoms. The Bertz CT molecular complexity index is 3850. The van der Waals surface area contributed by atoms with E-state index >= 15 is 0 Å². The average Bonchev–Trinajstić information content (AvgIpc) is 3.87. The normalized spacial score (nSPS) is 13.8. The second-order valence-corrected chi connectivity index (χ2v) is 22.0. The van der Waals surface area contributed by atoms with Crippen LogP contribution >= 0.6 is 0 Å². The topological polar surface area (TPSA) is 35.2 Å². The minimum atomic E-state index is -1.59. The van der Waals surface area contributed by atoms with E-state index in [0.29, 0.717) is 23.8 Å². The molecule has 0 aliphatic carbocycles. The van der Waals surface area contributed by atoms with Crippen LogP contribution in [0.4, 0.5) is 11.4 Å². The molecule has 3 aromatic heterocycles. The van der Waals surface area contributed by atoms with Crippen molar-refractivity contribution in [3.05, 3.63) is 180 Å². The van der Waals surface area contributed by atoms with Crippen LogP contribution < -0.4 is 9.64 Å². The van der Waals surface area contributed by atoms with Crippen molar-refractivity contribution in [2.24, 2.45) is 5.41 Å². The van der Waals surface area contributed by atoms with E-state index in [4.69, 9.17) is 9.72 Å². The molecule has 0 atom stereocenters. The summed E-state index contributed by atoms with van der Waals surface area (Å²) in [5, 5.41) is 9.54. The third-order valence-electron chi connectivity index (χ3n) is 13.7. The van der Waals surface area contributed by atoms with Crippen molar-refractivity contribution in [3.63, 3.8) is 0 Å². The van der Waals surface area contributed by atoms with Crippen LogP contribution in [0, 0.1) is 19.3 Å². The Balaban J connectivity index is 1.10. The van der Waals surface area contributed by atoms with Gasteiger partial charge < -0.3 is 14.2 Å². The quantitative estimate of drug-likeness (QED) is 0.173. The second kappa shape index (κ2) is 15.7. The molecule has 0 unspecified atom stereocenters. The molecular formula is C63H62N4O. The number of rotatable bonds is 5. The minimum Gasteiger partial charge on any atom is -0.457 e. The van der Waals surface area contributed by atoms with Gasteiger partial charge in [0.05, 0.1) is 27.8 Å². The molecule has 0 saturated carbocycles. The second-order valence-electron chi connectivity index (χ2n) is 22.0. The van der Waals surface area contributed by atoms with Gasteiger partial charge in [-0.1, -0.05) is 153 Å². The largest absolute Gasteiger partial charge is 0.457 e. The summed E-state index contributed by atoms with van der Waals surface area (Å²) in [4.78, 5) is 7.36. The Morgan fingerprint density at radius 1 is 0.574 bits per heavy atom. The van der Waals surface area contributed by atoms with Crippen molar-refractivity contribution in [1.29, 1.82) is 0 Å². The predicted octanol–water partition coefficient (Wildman–Crippen LogP) is 17.4. The van der Waals surface area contributed by atoms with Crippen LogP contribution in [0.3, 0.4) is 0 Å². The molecule has 0 saturated heterocycles. The third-order valence-corrected chi connectivity index (χ3v) is 13.7. The highest BCUT2D eigenvalue weighted by Gasteiger charge is 2.28. The number of nitrogens with zero attached hydrogens (tertiary/aromatic N) is 4. The van der Waals surface area contributed by atoms with Crippen LogP contribution in [0.25, 0.3) is 71.0 Å². The number of aromatic nitrogens is 3. The van der Waals surface area contributed by atoms with Crippen LogP contribution in [-0.2, 0) is 23.9 Å². The molecule has 1 aliphatic rings. The summed E-state index contributed by atoms with van der Waals surface area (Å²) in [6.45, 7) is 24.3. The van der Waals surface area contributed by atoms with E-state index in [1.807, 2.05) is 32.9 Å². The SMILES string of the molecule is [2H]C([2H])(c1ccnc(-n2c3ccc(C(C)(C)C)cc3c3ccc(Oc4cc(N5Cn6c7c(C)cccc7c7cc(C)ccc7c7ccccc7c7cccc5c76)ccc4C(C)(C)C)cc32)c1)C(C)(C)C. The van der Waals surface area contributed by atoms with Crippen LogP contribution in [-0.4, -0.2) is 14.1 Å². The zero-order valence-electron chi connectivity index (χ0n) is 43.3. The first-order valence-electron chi connectivity index (χ1n) is 25.1. The molecule has 340 valence electrons. The van der Waals surface area contributed by atoms with Crippen LogP contribution in [0.1, 0.15) is 92.9 Å². The molecule has 0 radical (unpaired) electrons. The van der Waals surface area contributed by atoms with Gasteiger partial charge in [-0.15, -0.1) is 0 Å². The van der Waals surface area contributed by atoms with Gasteiger partial charge in [0.15, 0.2) is 0 Å². The van der Waals surface area contributed by atoms with Gasteiger partial charge in [0.1, 0.15) is 24.0 Å². The van der Waals surface area contributed by atoms with Crippen molar-refractivity contribution in [2.75, 3.05) is 4.90 Å². The molecule has 0 N–H and O–H groups in total. The maximum atomic E-state index is 9.18. The highest BCUT2D eigenvalue weighted by atomic mass is 16.5. The van der Waals surface area contributed by atoms with Gasteiger partial charge in [-0.3, -0.25) is 4.57 Å². The zero-order valence-corrected chi connectivity index (χ0v) is 41.3. The van der Waals surface area contributed by atoms with Crippen molar-refractivity contribution in [3.8, 4) is 17.3 Å². The smallest absolute Gasteiger partial charge is 0.137 e. The molecule has 5 heteroatoms. The van der Waals surface area contributed by atoms with E-state index in [2.05, 4.69) is 203 Å². The number of para-hydroxylation sites is 2. The van der Waals surface area contributed by atoms with Crippen LogP contribution in [0.5, 0.6) is 11.5 Å². The minimum absolute atomic E-state index is 0.0534. The van der Waals surface area contributed by atoms with Crippen molar-refractivity contribution < 1.29 is 7.48 Å². The van der Waals surface area contributed by atoms with E-state index < -0.39 is 11.8 Å². The fourth-order valence-electron chi connectivity index (χ4n) is 10.6. The fraction of sp³-hybridized carbons (Fsp3) is 0.254. The van der Waals surface area contributed by atoms with Crippen LogP contribution in [0.15, 0.2) is 152 Å². The lowest BCUT2D eigenvalue weighted by Crippen LogP contribution is -2.17. The van der Waals surface area contributed by atoms with E-state index in [-0.39, 0.29) is 10.8 Å². The molecule has 10 aromatic rings. The number of anilines is 2. The van der Waals surface area contributed by atoms with E-state index in [1.165, 1.54) is 60.0 Å². The van der Waals surface area contributed by atoms with Crippen molar-refractivity contribution in [2.45, 2.75) is 100 Å². The maximum Gasteiger partial charge on any atom is 0.137 e. The molecule has 11 rings (SSSR count). The van der Waals surface area contributed by atoms with Crippen LogP contribution in [0.2, 0.25) is 0 Å². The number of aryl methyl sites for hydroxylation is 2. The van der Waals surface area contributed by atoms with Gasteiger partial charge in [-0.05, 0) is 123 Å².